The SMILES string of the molecule is CCNc1ccc(C(=O)NCC2CCCN(C)C2)nc1. The molecule has 0 bridgehead atoms. The molecule has 5 heteroatoms. The maximum atomic E-state index is 12.0. The van der Waals surface area contributed by atoms with Gasteiger partial charge in [0.25, 0.3) is 5.91 Å². The van der Waals surface area contributed by atoms with Gasteiger partial charge >= 0.3 is 0 Å². The summed E-state index contributed by atoms with van der Waals surface area (Å²) in [6.07, 6.45) is 4.11. The number of nitrogens with zero attached hydrogens (tertiary/aromatic N) is 2. The van der Waals surface area contributed by atoms with E-state index in [1.807, 2.05) is 13.0 Å². The van der Waals surface area contributed by atoms with Gasteiger partial charge in [-0.2, -0.15) is 0 Å². The van der Waals surface area contributed by atoms with Gasteiger partial charge in [-0.1, -0.05) is 0 Å². The largest absolute Gasteiger partial charge is 0.384 e. The van der Waals surface area contributed by atoms with Crippen LogP contribution in [0, 0.1) is 5.92 Å². The second-order valence-corrected chi connectivity index (χ2v) is 5.44. The predicted octanol–water partition coefficient (Wildman–Crippen LogP) is 1.58. The molecule has 1 fully saturated rings. The van der Waals surface area contributed by atoms with E-state index in [9.17, 15) is 4.79 Å². The molecule has 1 aliphatic rings. The van der Waals surface area contributed by atoms with Gasteiger partial charge in [-0.3, -0.25) is 4.79 Å². The minimum atomic E-state index is -0.0822. The van der Waals surface area contributed by atoms with Crippen molar-refractivity contribution in [3.63, 3.8) is 0 Å². The molecule has 1 saturated heterocycles. The first-order valence-electron chi connectivity index (χ1n) is 7.35. The number of hydrogen-bond acceptors (Lipinski definition) is 4. The van der Waals surface area contributed by atoms with Gasteiger partial charge in [0, 0.05) is 19.6 Å². The molecule has 0 saturated carbocycles. The van der Waals surface area contributed by atoms with Crippen LogP contribution >= 0.6 is 0 Å². The Morgan fingerprint density at radius 2 is 2.35 bits per heavy atom. The van der Waals surface area contributed by atoms with E-state index in [1.54, 1.807) is 12.3 Å². The van der Waals surface area contributed by atoms with E-state index in [4.69, 9.17) is 0 Å². The lowest BCUT2D eigenvalue weighted by Gasteiger charge is -2.29. The Morgan fingerprint density at radius 1 is 1.50 bits per heavy atom. The van der Waals surface area contributed by atoms with Gasteiger partial charge in [-0.05, 0) is 51.4 Å². The Bertz CT molecular complexity index is 432. The van der Waals surface area contributed by atoms with E-state index in [0.717, 1.165) is 31.9 Å². The molecule has 1 unspecified atom stereocenters. The highest BCUT2D eigenvalue weighted by atomic mass is 16.1. The molecule has 1 aromatic rings. The summed E-state index contributed by atoms with van der Waals surface area (Å²) in [5, 5.41) is 6.15. The molecule has 1 aliphatic heterocycles. The Kier molecular flexibility index (Phi) is 5.35. The van der Waals surface area contributed by atoms with Crippen LogP contribution in [0.3, 0.4) is 0 Å². The van der Waals surface area contributed by atoms with Crippen LogP contribution in [0.5, 0.6) is 0 Å². The second kappa shape index (κ2) is 7.24. The molecule has 0 aliphatic carbocycles. The molecule has 1 atom stereocenters. The first-order valence-corrected chi connectivity index (χ1v) is 7.35. The van der Waals surface area contributed by atoms with Gasteiger partial charge < -0.3 is 15.5 Å². The van der Waals surface area contributed by atoms with Gasteiger partial charge in [0.2, 0.25) is 0 Å². The first kappa shape index (κ1) is 14.8. The molecule has 1 aromatic heterocycles. The Morgan fingerprint density at radius 3 is 3.00 bits per heavy atom. The highest BCUT2D eigenvalue weighted by Crippen LogP contribution is 2.14. The number of piperidine rings is 1. The van der Waals surface area contributed by atoms with Gasteiger partial charge in [-0.25, -0.2) is 4.98 Å². The van der Waals surface area contributed by atoms with Crippen molar-refractivity contribution in [3.8, 4) is 0 Å². The van der Waals surface area contributed by atoms with Gasteiger partial charge in [0.15, 0.2) is 0 Å². The normalized spacial score (nSPS) is 19.6. The molecular formula is C15H24N4O. The van der Waals surface area contributed by atoms with Crippen LogP contribution in [0.15, 0.2) is 18.3 Å². The summed E-state index contributed by atoms with van der Waals surface area (Å²) >= 11 is 0. The topological polar surface area (TPSA) is 57.3 Å². The van der Waals surface area contributed by atoms with Crippen molar-refractivity contribution >= 4 is 11.6 Å². The van der Waals surface area contributed by atoms with Gasteiger partial charge in [0.1, 0.15) is 5.69 Å². The van der Waals surface area contributed by atoms with Crippen LogP contribution in [0.4, 0.5) is 5.69 Å². The van der Waals surface area contributed by atoms with Crippen molar-refractivity contribution in [1.29, 1.82) is 0 Å². The summed E-state index contributed by atoms with van der Waals surface area (Å²) in [6.45, 7) is 5.84. The number of anilines is 1. The van der Waals surface area contributed by atoms with Crippen LogP contribution in [-0.2, 0) is 0 Å². The third kappa shape index (κ3) is 4.20. The fourth-order valence-electron chi connectivity index (χ4n) is 2.60. The average molecular weight is 276 g/mol. The predicted molar refractivity (Wildman–Crippen MR) is 81.0 cm³/mol. The zero-order valence-electron chi connectivity index (χ0n) is 12.4. The first-order chi connectivity index (χ1) is 9.69. The summed E-state index contributed by atoms with van der Waals surface area (Å²) in [5.41, 5.74) is 1.42. The molecule has 110 valence electrons. The van der Waals surface area contributed by atoms with Crippen molar-refractivity contribution in [1.82, 2.24) is 15.2 Å². The van der Waals surface area contributed by atoms with Crippen LogP contribution in [0.1, 0.15) is 30.3 Å². The zero-order chi connectivity index (χ0) is 14.4. The quantitative estimate of drug-likeness (QED) is 0.857. The smallest absolute Gasteiger partial charge is 0.269 e. The number of nitrogens with one attached hydrogen (secondary N) is 2. The molecule has 20 heavy (non-hydrogen) atoms. The van der Waals surface area contributed by atoms with Crippen LogP contribution in [0.2, 0.25) is 0 Å². The van der Waals surface area contributed by atoms with E-state index in [0.29, 0.717) is 11.6 Å². The number of rotatable bonds is 5. The summed E-state index contributed by atoms with van der Waals surface area (Å²) < 4.78 is 0. The number of aromatic nitrogens is 1. The van der Waals surface area contributed by atoms with Crippen molar-refractivity contribution < 1.29 is 4.79 Å². The van der Waals surface area contributed by atoms with E-state index in [1.165, 1.54) is 12.8 Å². The van der Waals surface area contributed by atoms with E-state index in [2.05, 4.69) is 27.6 Å². The van der Waals surface area contributed by atoms with Crippen LogP contribution < -0.4 is 10.6 Å². The fraction of sp³-hybridized carbons (Fsp3) is 0.600. The van der Waals surface area contributed by atoms with Gasteiger partial charge in [-0.15, -0.1) is 0 Å². The monoisotopic (exact) mass is 276 g/mol. The summed E-state index contributed by atoms with van der Waals surface area (Å²) in [7, 11) is 2.13. The fourth-order valence-corrected chi connectivity index (χ4v) is 2.60. The van der Waals surface area contributed by atoms with Crippen molar-refractivity contribution in [2.24, 2.45) is 5.92 Å². The number of carbonyl (C=O) groups is 1. The average Bonchev–Trinajstić information content (AvgIpc) is 2.46. The number of amides is 1. The van der Waals surface area contributed by atoms with Gasteiger partial charge in [0.05, 0.1) is 11.9 Å². The Labute approximate surface area is 120 Å². The van der Waals surface area contributed by atoms with E-state index in [-0.39, 0.29) is 5.91 Å². The molecule has 2 rings (SSSR count). The molecule has 0 spiro atoms. The number of carbonyl (C=O) groups excluding carboxylic acids is 1. The molecule has 0 aromatic carbocycles. The summed E-state index contributed by atoms with van der Waals surface area (Å²) in [5.74, 6) is 0.472. The lowest BCUT2D eigenvalue weighted by atomic mass is 9.98. The number of likely N-dealkylation sites (tertiary alicyclic amines) is 1. The molecule has 1 amide bonds. The maximum Gasteiger partial charge on any atom is 0.269 e. The molecular weight excluding hydrogens is 252 g/mol. The maximum absolute atomic E-state index is 12.0. The van der Waals surface area contributed by atoms with Crippen molar-refractivity contribution in [2.75, 3.05) is 38.5 Å². The van der Waals surface area contributed by atoms with Crippen LogP contribution in [-0.4, -0.2) is 49.0 Å². The van der Waals surface area contributed by atoms with E-state index >= 15 is 0 Å². The molecule has 2 heterocycles. The Balaban J connectivity index is 1.82. The molecule has 2 N–H and O–H groups in total. The standard InChI is InChI=1S/C15H24N4O/c1-3-16-13-6-7-14(17-10-13)15(20)18-9-12-5-4-8-19(2)11-12/h6-7,10,12,16H,3-5,8-9,11H2,1-2H3,(H,18,20). The minimum Gasteiger partial charge on any atom is -0.384 e. The lowest BCUT2D eigenvalue weighted by Crippen LogP contribution is -2.39. The molecule has 5 nitrogen and oxygen atoms in total. The highest BCUT2D eigenvalue weighted by Gasteiger charge is 2.18. The molecule has 0 radical (unpaired) electrons. The lowest BCUT2D eigenvalue weighted by molar-refractivity contribution is 0.0932. The minimum absolute atomic E-state index is 0.0822. The van der Waals surface area contributed by atoms with Crippen molar-refractivity contribution in [3.05, 3.63) is 24.0 Å². The summed E-state index contributed by atoms with van der Waals surface area (Å²) in [6, 6.07) is 3.65. The van der Waals surface area contributed by atoms with Crippen molar-refractivity contribution in [2.45, 2.75) is 19.8 Å². The number of pyridine rings is 1. The Hall–Kier alpha value is -1.62. The third-order valence-electron chi connectivity index (χ3n) is 3.65. The number of hydrogen-bond donors (Lipinski definition) is 2. The highest BCUT2D eigenvalue weighted by molar-refractivity contribution is 5.92. The van der Waals surface area contributed by atoms with E-state index < -0.39 is 0 Å². The third-order valence-corrected chi connectivity index (χ3v) is 3.65. The van der Waals surface area contributed by atoms with Crippen LogP contribution in [0.25, 0.3) is 0 Å². The zero-order valence-corrected chi connectivity index (χ0v) is 12.4. The summed E-state index contributed by atoms with van der Waals surface area (Å²) in [4.78, 5) is 18.5. The second-order valence-electron chi connectivity index (χ2n) is 5.44.